The van der Waals surface area contributed by atoms with Crippen molar-refractivity contribution in [3.8, 4) is 0 Å². The average Bonchev–Trinajstić information content (AvgIpc) is 2.42. The molecule has 1 heterocycles. The lowest BCUT2D eigenvalue weighted by molar-refractivity contribution is -0.175. The number of alkyl halides is 3. The maximum atomic E-state index is 12.1. The number of ether oxygens (including phenoxy) is 1. The van der Waals surface area contributed by atoms with Gasteiger partial charge in [-0.15, -0.1) is 0 Å². The number of rotatable bonds is 5. The van der Waals surface area contributed by atoms with Gasteiger partial charge >= 0.3 is 6.18 Å². The Hall–Kier alpha value is -1.66. The van der Waals surface area contributed by atoms with Gasteiger partial charge in [0.2, 0.25) is 0 Å². The van der Waals surface area contributed by atoms with Gasteiger partial charge in [0.25, 0.3) is 0 Å². The van der Waals surface area contributed by atoms with Crippen molar-refractivity contribution in [2.24, 2.45) is 0 Å². The van der Waals surface area contributed by atoms with Gasteiger partial charge in [-0.25, -0.2) is 0 Å². The molecular formula is C14H15F3N2O. The SMILES string of the molecule is CNC(COCC(F)(F)F)c1cccc2cccnc12. The number of halogens is 3. The van der Waals surface area contributed by atoms with Crippen molar-refractivity contribution in [1.82, 2.24) is 10.3 Å². The Kier molecular flexibility index (Phi) is 4.57. The first-order valence-electron chi connectivity index (χ1n) is 6.16. The maximum absolute atomic E-state index is 12.1. The number of para-hydroxylation sites is 1. The molecule has 0 fully saturated rings. The molecular weight excluding hydrogens is 269 g/mol. The van der Waals surface area contributed by atoms with Crippen LogP contribution < -0.4 is 5.32 Å². The summed E-state index contributed by atoms with van der Waals surface area (Å²) in [6, 6.07) is 9.00. The fraction of sp³-hybridized carbons (Fsp3) is 0.357. The average molecular weight is 284 g/mol. The topological polar surface area (TPSA) is 34.1 Å². The van der Waals surface area contributed by atoms with Gasteiger partial charge in [-0.1, -0.05) is 24.3 Å². The van der Waals surface area contributed by atoms with Crippen molar-refractivity contribution in [3.05, 3.63) is 42.1 Å². The van der Waals surface area contributed by atoms with E-state index in [9.17, 15) is 13.2 Å². The normalized spacial score (nSPS) is 13.6. The summed E-state index contributed by atoms with van der Waals surface area (Å²) in [6.07, 6.45) is -2.65. The van der Waals surface area contributed by atoms with Gasteiger partial charge in [0.05, 0.1) is 18.2 Å². The van der Waals surface area contributed by atoms with Crippen LogP contribution in [0.15, 0.2) is 36.5 Å². The molecule has 108 valence electrons. The Morgan fingerprint density at radius 2 is 2.00 bits per heavy atom. The molecule has 1 aromatic heterocycles. The highest BCUT2D eigenvalue weighted by molar-refractivity contribution is 5.82. The van der Waals surface area contributed by atoms with Crippen LogP contribution in [-0.4, -0.2) is 31.4 Å². The Morgan fingerprint density at radius 1 is 1.25 bits per heavy atom. The van der Waals surface area contributed by atoms with Crippen LogP contribution >= 0.6 is 0 Å². The smallest absolute Gasteiger partial charge is 0.370 e. The Bertz CT molecular complexity index is 566. The second-order valence-corrected chi connectivity index (χ2v) is 4.39. The number of hydrogen-bond donors (Lipinski definition) is 1. The molecule has 0 radical (unpaired) electrons. The molecule has 6 heteroatoms. The van der Waals surface area contributed by atoms with Gasteiger partial charge in [-0.05, 0) is 18.7 Å². The Balaban J connectivity index is 2.17. The number of nitrogens with zero attached hydrogens (tertiary/aromatic N) is 1. The number of fused-ring (bicyclic) bond motifs is 1. The zero-order valence-corrected chi connectivity index (χ0v) is 10.9. The molecule has 0 aliphatic heterocycles. The summed E-state index contributed by atoms with van der Waals surface area (Å²) in [7, 11) is 1.68. The molecule has 1 aromatic carbocycles. The van der Waals surface area contributed by atoms with E-state index in [4.69, 9.17) is 4.74 Å². The van der Waals surface area contributed by atoms with Gasteiger partial charge in [0.1, 0.15) is 6.61 Å². The van der Waals surface area contributed by atoms with Gasteiger partial charge in [0.15, 0.2) is 0 Å². The molecule has 20 heavy (non-hydrogen) atoms. The van der Waals surface area contributed by atoms with E-state index < -0.39 is 12.8 Å². The quantitative estimate of drug-likeness (QED) is 0.916. The number of hydrogen-bond acceptors (Lipinski definition) is 3. The molecule has 1 N–H and O–H groups in total. The van der Waals surface area contributed by atoms with E-state index in [0.717, 1.165) is 16.5 Å². The van der Waals surface area contributed by atoms with Crippen LogP contribution in [0.5, 0.6) is 0 Å². The largest absolute Gasteiger partial charge is 0.411 e. The fourth-order valence-electron chi connectivity index (χ4n) is 2.03. The van der Waals surface area contributed by atoms with Crippen LogP contribution in [0.25, 0.3) is 10.9 Å². The highest BCUT2D eigenvalue weighted by Gasteiger charge is 2.28. The molecule has 2 rings (SSSR count). The number of pyridine rings is 1. The van der Waals surface area contributed by atoms with Crippen molar-refractivity contribution in [2.45, 2.75) is 12.2 Å². The molecule has 0 amide bonds. The van der Waals surface area contributed by atoms with Crippen molar-refractivity contribution in [3.63, 3.8) is 0 Å². The Labute approximate surface area is 114 Å². The summed E-state index contributed by atoms with van der Waals surface area (Å²) in [4.78, 5) is 4.29. The third-order valence-electron chi connectivity index (χ3n) is 2.94. The number of nitrogens with one attached hydrogen (secondary N) is 1. The highest BCUT2D eigenvalue weighted by Crippen LogP contribution is 2.23. The lowest BCUT2D eigenvalue weighted by atomic mass is 10.0. The third kappa shape index (κ3) is 3.68. The van der Waals surface area contributed by atoms with E-state index in [1.54, 1.807) is 13.2 Å². The predicted octanol–water partition coefficient (Wildman–Crippen LogP) is 3.07. The standard InChI is InChI=1S/C14H15F3N2O/c1-18-12(8-20-9-14(15,16)17)11-6-2-4-10-5-3-7-19-13(10)11/h2-7,12,18H,8-9H2,1H3. The summed E-state index contributed by atoms with van der Waals surface area (Å²) in [6.45, 7) is -1.31. The van der Waals surface area contributed by atoms with Gasteiger partial charge in [0, 0.05) is 11.6 Å². The highest BCUT2D eigenvalue weighted by atomic mass is 19.4. The summed E-state index contributed by atoms with van der Waals surface area (Å²) < 4.78 is 41.1. The van der Waals surface area contributed by atoms with Gasteiger partial charge in [-0.3, -0.25) is 4.98 Å². The number of aromatic nitrogens is 1. The van der Waals surface area contributed by atoms with E-state index in [1.165, 1.54) is 0 Å². The van der Waals surface area contributed by atoms with E-state index >= 15 is 0 Å². The van der Waals surface area contributed by atoms with Gasteiger partial charge < -0.3 is 10.1 Å². The van der Waals surface area contributed by atoms with E-state index in [-0.39, 0.29) is 12.6 Å². The summed E-state index contributed by atoms with van der Waals surface area (Å²) in [5, 5.41) is 3.91. The summed E-state index contributed by atoms with van der Waals surface area (Å²) in [5.41, 5.74) is 1.60. The monoisotopic (exact) mass is 284 g/mol. The third-order valence-corrected chi connectivity index (χ3v) is 2.94. The van der Waals surface area contributed by atoms with Crippen LogP contribution in [0, 0.1) is 0 Å². The summed E-state index contributed by atoms with van der Waals surface area (Å²) in [5.74, 6) is 0. The van der Waals surface area contributed by atoms with E-state index in [2.05, 4.69) is 10.3 Å². The lowest BCUT2D eigenvalue weighted by Crippen LogP contribution is -2.26. The molecule has 0 saturated carbocycles. The fourth-order valence-corrected chi connectivity index (χ4v) is 2.03. The molecule has 0 bridgehead atoms. The van der Waals surface area contributed by atoms with Crippen LogP contribution in [0.2, 0.25) is 0 Å². The molecule has 1 atom stereocenters. The first-order chi connectivity index (χ1) is 9.51. The minimum Gasteiger partial charge on any atom is -0.370 e. The van der Waals surface area contributed by atoms with Crippen molar-refractivity contribution >= 4 is 10.9 Å². The van der Waals surface area contributed by atoms with Crippen molar-refractivity contribution < 1.29 is 17.9 Å². The van der Waals surface area contributed by atoms with Crippen molar-refractivity contribution in [2.75, 3.05) is 20.3 Å². The Morgan fingerprint density at radius 3 is 2.70 bits per heavy atom. The number of likely N-dealkylation sites (N-methyl/N-ethyl adjacent to an activating group) is 1. The van der Waals surface area contributed by atoms with Gasteiger partial charge in [-0.2, -0.15) is 13.2 Å². The maximum Gasteiger partial charge on any atom is 0.411 e. The minimum atomic E-state index is -4.31. The van der Waals surface area contributed by atoms with Crippen LogP contribution in [-0.2, 0) is 4.74 Å². The first-order valence-corrected chi connectivity index (χ1v) is 6.16. The van der Waals surface area contributed by atoms with Crippen LogP contribution in [0.3, 0.4) is 0 Å². The minimum absolute atomic E-state index is 0.0638. The molecule has 0 aliphatic carbocycles. The lowest BCUT2D eigenvalue weighted by Gasteiger charge is -2.18. The molecule has 0 aliphatic rings. The molecule has 3 nitrogen and oxygen atoms in total. The number of benzene rings is 1. The predicted molar refractivity (Wildman–Crippen MR) is 70.4 cm³/mol. The van der Waals surface area contributed by atoms with E-state index in [1.807, 2.05) is 30.3 Å². The zero-order chi connectivity index (χ0) is 14.6. The van der Waals surface area contributed by atoms with E-state index in [0.29, 0.717) is 0 Å². The summed E-state index contributed by atoms with van der Waals surface area (Å²) >= 11 is 0. The second-order valence-electron chi connectivity index (χ2n) is 4.39. The molecule has 1 unspecified atom stereocenters. The first kappa shape index (κ1) is 14.7. The second kappa shape index (κ2) is 6.19. The molecule has 0 saturated heterocycles. The van der Waals surface area contributed by atoms with Crippen LogP contribution in [0.4, 0.5) is 13.2 Å². The van der Waals surface area contributed by atoms with Crippen LogP contribution in [0.1, 0.15) is 11.6 Å². The molecule has 2 aromatic rings. The zero-order valence-electron chi connectivity index (χ0n) is 10.9. The molecule has 0 spiro atoms. The van der Waals surface area contributed by atoms with Crippen molar-refractivity contribution in [1.29, 1.82) is 0 Å².